The number of nitriles is 1. The smallest absolute Gasteiger partial charge is 0.238 e. The number of hydrogen-bond donors (Lipinski definition) is 5. The number of primary sulfonamides is 1. The van der Waals surface area contributed by atoms with Gasteiger partial charge in [0, 0.05) is 41.2 Å². The number of benzene rings is 3. The van der Waals surface area contributed by atoms with Crippen molar-refractivity contribution in [3.63, 3.8) is 0 Å². The number of aliphatic hydroxyl groups excluding tert-OH is 2. The van der Waals surface area contributed by atoms with Gasteiger partial charge < -0.3 is 30.1 Å². The third-order valence-corrected chi connectivity index (χ3v) is 10.7. The van der Waals surface area contributed by atoms with Gasteiger partial charge in [0.05, 0.1) is 27.6 Å². The average Bonchev–Trinajstić information content (AvgIpc) is 3.56. The number of aromatic nitrogens is 2. The molecular weight excluding hydrogens is 741 g/mol. The molecule has 15 heteroatoms. The van der Waals surface area contributed by atoms with E-state index in [4.69, 9.17) is 37.8 Å². The first-order chi connectivity index (χ1) is 25.3. The Bertz CT molecular complexity index is 2300. The number of hydrogen-bond acceptors (Lipinski definition) is 11. The molecule has 0 aliphatic heterocycles. The fourth-order valence-corrected chi connectivity index (χ4v) is 7.12. The summed E-state index contributed by atoms with van der Waals surface area (Å²) < 4.78 is 36.1. The molecule has 3 aromatic carbocycles. The van der Waals surface area contributed by atoms with Crippen molar-refractivity contribution < 1.29 is 33.2 Å². The van der Waals surface area contributed by atoms with Gasteiger partial charge >= 0.3 is 0 Å². The van der Waals surface area contributed by atoms with Gasteiger partial charge in [-0.1, -0.05) is 71.7 Å². The van der Waals surface area contributed by atoms with Gasteiger partial charge in [-0.3, -0.25) is 4.98 Å². The van der Waals surface area contributed by atoms with Crippen molar-refractivity contribution in [2.45, 2.75) is 55.7 Å². The van der Waals surface area contributed by atoms with Gasteiger partial charge in [0.1, 0.15) is 23.8 Å². The molecule has 2 aromatic heterocycles. The van der Waals surface area contributed by atoms with Crippen LogP contribution in [-0.2, 0) is 29.6 Å². The Morgan fingerprint density at radius 1 is 1.04 bits per heavy atom. The van der Waals surface area contributed by atoms with Gasteiger partial charge in [0.2, 0.25) is 21.8 Å². The molecule has 0 saturated carbocycles. The molecule has 0 amide bonds. The standard InChI is InChI=1S/C38H35Cl2N5O7S/c1-38(21-46,37(47)48)44-19-25-15-32(39)36(45-35(25)51-20-23-14-22(16-41)17-43-18-23)52-33-13-12-29-28(5-3-6-30(29)33)31-7-2-4-27(34(31)40)24-8-10-26(11-9-24)53(42,49)50/h2-11,14-15,17-18,33,37,44,46-48H,12-13,19-21H2,1H3,(H2,42,49,50)/t33-,38?/m0/s1. The quantitative estimate of drug-likeness (QED) is 0.0955. The van der Waals surface area contributed by atoms with Crippen LogP contribution in [-0.4, -0.2) is 52.1 Å². The average molecular weight is 777 g/mol. The number of nitrogens with two attached hydrogens (primary N) is 1. The fraction of sp³-hybridized carbons (Fsp3) is 0.237. The molecule has 5 aromatic rings. The van der Waals surface area contributed by atoms with E-state index in [2.05, 4.69) is 15.3 Å². The topological polar surface area (TPSA) is 201 Å². The van der Waals surface area contributed by atoms with Gasteiger partial charge in [-0.05, 0) is 66.3 Å². The number of halogens is 2. The van der Waals surface area contributed by atoms with Crippen LogP contribution < -0.4 is 19.9 Å². The van der Waals surface area contributed by atoms with Crippen molar-refractivity contribution >= 4 is 33.2 Å². The summed E-state index contributed by atoms with van der Waals surface area (Å²) in [7, 11) is -3.84. The van der Waals surface area contributed by atoms with E-state index in [1.54, 1.807) is 30.5 Å². The molecule has 2 heterocycles. The Hall–Kier alpha value is -4.62. The first-order valence-corrected chi connectivity index (χ1v) is 18.7. The Kier molecular flexibility index (Phi) is 11.3. The van der Waals surface area contributed by atoms with Crippen LogP contribution in [0.3, 0.4) is 0 Å². The Labute approximate surface area is 316 Å². The Morgan fingerprint density at radius 2 is 1.75 bits per heavy atom. The second-order valence-corrected chi connectivity index (χ2v) is 15.1. The molecule has 0 radical (unpaired) electrons. The zero-order valence-electron chi connectivity index (χ0n) is 28.3. The maximum absolute atomic E-state index is 11.8. The minimum absolute atomic E-state index is 0.000786. The summed E-state index contributed by atoms with van der Waals surface area (Å²) >= 11 is 13.8. The summed E-state index contributed by atoms with van der Waals surface area (Å²) in [6.45, 7) is 0.893. The molecule has 0 fully saturated rings. The summed E-state index contributed by atoms with van der Waals surface area (Å²) in [5.41, 5.74) is 5.17. The van der Waals surface area contributed by atoms with Crippen LogP contribution in [0.4, 0.5) is 0 Å². The van der Waals surface area contributed by atoms with Gasteiger partial charge in [-0.2, -0.15) is 10.2 Å². The predicted molar refractivity (Wildman–Crippen MR) is 198 cm³/mol. The van der Waals surface area contributed by atoms with E-state index in [1.807, 2.05) is 42.5 Å². The van der Waals surface area contributed by atoms with Gasteiger partial charge in [0.25, 0.3) is 0 Å². The Morgan fingerprint density at radius 3 is 2.45 bits per heavy atom. The first kappa shape index (κ1) is 38.1. The number of pyridine rings is 2. The molecule has 6 N–H and O–H groups in total. The van der Waals surface area contributed by atoms with Crippen LogP contribution >= 0.6 is 23.2 Å². The number of aliphatic hydroxyl groups is 3. The van der Waals surface area contributed by atoms with E-state index in [0.717, 1.165) is 33.4 Å². The van der Waals surface area contributed by atoms with Crippen LogP contribution in [0.15, 0.2) is 90.1 Å². The van der Waals surface area contributed by atoms with Crippen molar-refractivity contribution in [2.24, 2.45) is 5.14 Å². The summed E-state index contributed by atoms with van der Waals surface area (Å²) in [6, 6.07) is 23.1. The van der Waals surface area contributed by atoms with E-state index >= 15 is 0 Å². The van der Waals surface area contributed by atoms with Crippen LogP contribution in [0.2, 0.25) is 10.0 Å². The van der Waals surface area contributed by atoms with E-state index in [-0.39, 0.29) is 34.8 Å². The lowest BCUT2D eigenvalue weighted by Gasteiger charge is -2.30. The normalized spacial score (nSPS) is 15.1. The zero-order valence-corrected chi connectivity index (χ0v) is 30.7. The largest absolute Gasteiger partial charge is 0.472 e. The lowest BCUT2D eigenvalue weighted by Crippen LogP contribution is -2.54. The summed E-state index contributed by atoms with van der Waals surface area (Å²) in [5, 5.41) is 47.7. The summed E-state index contributed by atoms with van der Waals surface area (Å²) in [4.78, 5) is 8.73. The Balaban J connectivity index is 1.29. The minimum atomic E-state index is -3.84. The predicted octanol–water partition coefficient (Wildman–Crippen LogP) is 5.43. The molecule has 274 valence electrons. The molecule has 1 unspecified atom stereocenters. The SMILES string of the molecule is CC(CO)(NCc1cc(Cl)c(O[C@H]2CCc3c(-c4cccc(-c5ccc(S(N)(=O)=O)cc5)c4Cl)cccc32)nc1OCc1cncc(C#N)c1)C(O)O. The van der Waals surface area contributed by atoms with E-state index in [0.29, 0.717) is 34.6 Å². The van der Waals surface area contributed by atoms with Crippen molar-refractivity contribution in [3.05, 3.63) is 123 Å². The number of sulfonamides is 1. The first-order valence-electron chi connectivity index (χ1n) is 16.4. The second-order valence-electron chi connectivity index (χ2n) is 12.8. The maximum atomic E-state index is 11.8. The van der Waals surface area contributed by atoms with Gasteiger partial charge in [0.15, 0.2) is 6.29 Å². The number of ether oxygens (including phenoxy) is 2. The number of nitrogens with one attached hydrogen (secondary N) is 1. The number of fused-ring (bicyclic) bond motifs is 1. The molecule has 53 heavy (non-hydrogen) atoms. The molecule has 2 atom stereocenters. The molecule has 6 rings (SSSR count). The van der Waals surface area contributed by atoms with Gasteiger partial charge in [-0.15, -0.1) is 0 Å². The zero-order chi connectivity index (χ0) is 37.9. The van der Waals surface area contributed by atoms with Gasteiger partial charge in [-0.25, -0.2) is 13.6 Å². The van der Waals surface area contributed by atoms with Crippen LogP contribution in [0.5, 0.6) is 11.8 Å². The highest BCUT2D eigenvalue weighted by atomic mass is 35.5. The highest BCUT2D eigenvalue weighted by molar-refractivity contribution is 7.89. The van der Waals surface area contributed by atoms with Crippen molar-refractivity contribution in [2.75, 3.05) is 6.61 Å². The molecule has 0 saturated heterocycles. The summed E-state index contributed by atoms with van der Waals surface area (Å²) in [5.74, 6) is 0.257. The number of rotatable bonds is 13. The molecule has 0 spiro atoms. The molecule has 12 nitrogen and oxygen atoms in total. The lowest BCUT2D eigenvalue weighted by atomic mass is 9.94. The van der Waals surface area contributed by atoms with Crippen molar-refractivity contribution in [1.29, 1.82) is 5.26 Å². The third kappa shape index (κ3) is 8.31. The molecule has 1 aliphatic carbocycles. The van der Waals surface area contributed by atoms with Crippen molar-refractivity contribution in [1.82, 2.24) is 15.3 Å². The number of nitrogens with zero attached hydrogens (tertiary/aromatic N) is 3. The van der Waals surface area contributed by atoms with E-state index < -0.39 is 34.6 Å². The molecular formula is C38H35Cl2N5O7S. The highest BCUT2D eigenvalue weighted by Gasteiger charge is 2.32. The van der Waals surface area contributed by atoms with Crippen LogP contribution in [0.1, 0.15) is 47.3 Å². The lowest BCUT2D eigenvalue weighted by molar-refractivity contribution is -0.117. The summed E-state index contributed by atoms with van der Waals surface area (Å²) in [6.07, 6.45) is 2.01. The van der Waals surface area contributed by atoms with Crippen molar-refractivity contribution in [3.8, 4) is 40.1 Å². The second kappa shape index (κ2) is 15.8. The van der Waals surface area contributed by atoms with E-state index in [9.17, 15) is 29.0 Å². The van der Waals surface area contributed by atoms with Crippen LogP contribution in [0, 0.1) is 11.3 Å². The third-order valence-electron chi connectivity index (χ3n) is 9.12. The highest BCUT2D eigenvalue weighted by Crippen LogP contribution is 2.44. The molecule has 0 bridgehead atoms. The minimum Gasteiger partial charge on any atom is -0.472 e. The van der Waals surface area contributed by atoms with E-state index in [1.165, 1.54) is 25.3 Å². The molecule has 1 aliphatic rings. The monoisotopic (exact) mass is 775 g/mol. The fourth-order valence-electron chi connectivity index (χ4n) is 6.05. The van der Waals surface area contributed by atoms with Crippen LogP contribution in [0.25, 0.3) is 22.3 Å². The maximum Gasteiger partial charge on any atom is 0.238 e.